The lowest BCUT2D eigenvalue weighted by atomic mass is 10.00. The van der Waals surface area contributed by atoms with Crippen LogP contribution in [-0.4, -0.2) is 21.5 Å². The highest BCUT2D eigenvalue weighted by Crippen LogP contribution is 2.27. The van der Waals surface area contributed by atoms with Crippen LogP contribution in [0.1, 0.15) is 16.7 Å². The van der Waals surface area contributed by atoms with Crippen molar-refractivity contribution in [3.63, 3.8) is 0 Å². The van der Waals surface area contributed by atoms with Crippen LogP contribution >= 0.6 is 0 Å². The number of nitrogens with zero attached hydrogens (tertiary/aromatic N) is 3. The number of non-ortho nitro benzene ring substituents is 1. The number of hydrogen-bond acceptors (Lipinski definition) is 8. The van der Waals surface area contributed by atoms with E-state index in [1.807, 2.05) is 30.3 Å². The summed E-state index contributed by atoms with van der Waals surface area (Å²) in [6, 6.07) is 18.4. The topological polar surface area (TPSA) is 151 Å². The molecule has 0 spiro atoms. The number of carbonyl (C=O) groups is 1. The number of hydrogen-bond donors (Lipinski definition) is 1. The molecule has 2 N–H and O–H groups in total. The summed E-state index contributed by atoms with van der Waals surface area (Å²) >= 11 is 0. The quantitative estimate of drug-likeness (QED) is 0.113. The molecule has 0 unspecified atom stereocenters. The van der Waals surface area contributed by atoms with Crippen molar-refractivity contribution in [1.29, 1.82) is 0 Å². The first kappa shape index (κ1) is 21.8. The van der Waals surface area contributed by atoms with Gasteiger partial charge in [-0.3, -0.25) is 20.2 Å². The third kappa shape index (κ3) is 5.19. The minimum Gasteiger partial charge on any atom is -0.423 e. The van der Waals surface area contributed by atoms with Crippen LogP contribution in [0.2, 0.25) is 0 Å². The fourth-order valence-electron chi connectivity index (χ4n) is 2.84. The van der Waals surface area contributed by atoms with Crippen molar-refractivity contribution in [2.45, 2.75) is 0 Å². The molecule has 0 aliphatic heterocycles. The van der Waals surface area contributed by atoms with Gasteiger partial charge in [0, 0.05) is 17.7 Å². The number of ether oxygens (including phenoxy) is 1. The van der Waals surface area contributed by atoms with E-state index in [0.29, 0.717) is 5.56 Å². The molecular weight excluding hydrogens is 416 g/mol. The predicted octanol–water partition coefficient (Wildman–Crippen LogP) is 3.83. The average molecular weight is 432 g/mol. The summed E-state index contributed by atoms with van der Waals surface area (Å²) in [7, 11) is 0. The summed E-state index contributed by atoms with van der Waals surface area (Å²) in [5, 5.41) is 26.0. The van der Waals surface area contributed by atoms with Crippen molar-refractivity contribution in [1.82, 2.24) is 0 Å². The molecular formula is C22H16N4O6. The Morgan fingerprint density at radius 1 is 0.938 bits per heavy atom. The maximum Gasteiger partial charge on any atom is 0.336 e. The van der Waals surface area contributed by atoms with Gasteiger partial charge in [0.05, 0.1) is 21.5 Å². The fourth-order valence-corrected chi connectivity index (χ4v) is 2.84. The molecule has 32 heavy (non-hydrogen) atoms. The zero-order valence-electron chi connectivity index (χ0n) is 16.5. The lowest BCUT2D eigenvalue weighted by Crippen LogP contribution is -2.10. The Labute approximate surface area is 181 Å². The summed E-state index contributed by atoms with van der Waals surface area (Å²) in [5.74, 6) is 5.11. The number of nitro benzene ring substituents is 2. The first-order chi connectivity index (χ1) is 15.4. The summed E-state index contributed by atoms with van der Waals surface area (Å²) in [6.07, 6.45) is 2.90. The number of nitro groups is 2. The van der Waals surface area contributed by atoms with Gasteiger partial charge in [0.25, 0.3) is 11.4 Å². The molecule has 3 rings (SSSR count). The van der Waals surface area contributed by atoms with Crippen molar-refractivity contribution < 1.29 is 19.4 Å². The molecule has 10 nitrogen and oxygen atoms in total. The first-order valence-corrected chi connectivity index (χ1v) is 9.15. The maximum absolute atomic E-state index is 12.0. The van der Waals surface area contributed by atoms with E-state index >= 15 is 0 Å². The molecule has 0 aliphatic rings. The predicted molar refractivity (Wildman–Crippen MR) is 117 cm³/mol. The molecule has 0 heterocycles. The SMILES string of the molecule is NN=C(c1ccc(OC(=O)C=Cc2ccccc2)cc1)c1ccc([N+](=O)[O-])cc1[N+](=O)[O-]. The van der Waals surface area contributed by atoms with E-state index in [0.717, 1.165) is 17.7 Å². The Bertz CT molecular complexity index is 1220. The minimum atomic E-state index is -0.747. The van der Waals surface area contributed by atoms with E-state index in [-0.39, 0.29) is 17.0 Å². The molecule has 0 radical (unpaired) electrons. The fraction of sp³-hybridized carbons (Fsp3) is 0. The number of rotatable bonds is 7. The van der Waals surface area contributed by atoms with E-state index in [1.54, 1.807) is 6.08 Å². The van der Waals surface area contributed by atoms with Crippen molar-refractivity contribution in [3.05, 3.63) is 116 Å². The molecule has 3 aromatic rings. The van der Waals surface area contributed by atoms with E-state index < -0.39 is 27.2 Å². The Balaban J connectivity index is 1.80. The number of esters is 1. The van der Waals surface area contributed by atoms with Crippen LogP contribution < -0.4 is 10.6 Å². The first-order valence-electron chi connectivity index (χ1n) is 9.15. The van der Waals surface area contributed by atoms with Gasteiger partial charge in [-0.25, -0.2) is 4.79 Å². The largest absolute Gasteiger partial charge is 0.423 e. The van der Waals surface area contributed by atoms with Crippen LogP contribution in [0.25, 0.3) is 6.08 Å². The van der Waals surface area contributed by atoms with Crippen LogP contribution in [0.4, 0.5) is 11.4 Å². The number of hydrazone groups is 1. The summed E-state index contributed by atoms with van der Waals surface area (Å²) in [6.45, 7) is 0. The molecule has 0 atom stereocenters. The smallest absolute Gasteiger partial charge is 0.336 e. The molecule has 0 aliphatic carbocycles. The van der Waals surface area contributed by atoms with Crippen LogP contribution in [0.3, 0.4) is 0 Å². The number of nitrogens with two attached hydrogens (primary N) is 1. The van der Waals surface area contributed by atoms with Gasteiger partial charge in [-0.2, -0.15) is 5.10 Å². The normalized spacial score (nSPS) is 11.3. The zero-order chi connectivity index (χ0) is 23.1. The molecule has 0 bridgehead atoms. The number of carbonyl (C=O) groups excluding carboxylic acids is 1. The van der Waals surface area contributed by atoms with Gasteiger partial charge in [-0.15, -0.1) is 0 Å². The third-order valence-corrected chi connectivity index (χ3v) is 4.33. The van der Waals surface area contributed by atoms with Crippen LogP contribution in [0, 0.1) is 20.2 Å². The van der Waals surface area contributed by atoms with Gasteiger partial charge in [0.1, 0.15) is 11.5 Å². The van der Waals surface area contributed by atoms with E-state index in [2.05, 4.69) is 5.10 Å². The van der Waals surface area contributed by atoms with Gasteiger partial charge < -0.3 is 10.6 Å². The Hall–Kier alpha value is -4.86. The van der Waals surface area contributed by atoms with E-state index in [9.17, 15) is 25.0 Å². The van der Waals surface area contributed by atoms with Gasteiger partial charge in [-0.1, -0.05) is 30.3 Å². The molecule has 0 saturated heterocycles. The second-order valence-electron chi connectivity index (χ2n) is 6.38. The standard InChI is InChI=1S/C22H16N4O6/c23-24-22(19-12-9-17(25(28)29)14-20(19)26(30)31)16-7-10-18(11-8-16)32-21(27)13-6-15-4-2-1-3-5-15/h1-14H,23H2. The monoisotopic (exact) mass is 432 g/mol. The highest BCUT2D eigenvalue weighted by molar-refractivity contribution is 6.15. The molecule has 0 saturated carbocycles. The van der Waals surface area contributed by atoms with Crippen LogP contribution in [-0.2, 0) is 4.79 Å². The molecule has 10 heteroatoms. The summed E-state index contributed by atoms with van der Waals surface area (Å²) < 4.78 is 5.23. The van der Waals surface area contributed by atoms with Crippen LogP contribution in [0.5, 0.6) is 5.75 Å². The van der Waals surface area contributed by atoms with Crippen molar-refractivity contribution in [3.8, 4) is 5.75 Å². The third-order valence-electron chi connectivity index (χ3n) is 4.33. The molecule has 0 amide bonds. The maximum atomic E-state index is 12.0. The lowest BCUT2D eigenvalue weighted by Gasteiger charge is -2.08. The number of benzene rings is 3. The minimum absolute atomic E-state index is 0.0126. The molecule has 160 valence electrons. The highest BCUT2D eigenvalue weighted by Gasteiger charge is 2.23. The Kier molecular flexibility index (Phi) is 6.66. The summed E-state index contributed by atoms with van der Waals surface area (Å²) in [4.78, 5) is 32.9. The van der Waals surface area contributed by atoms with E-state index in [4.69, 9.17) is 10.6 Å². The molecule has 0 fully saturated rings. The second-order valence-corrected chi connectivity index (χ2v) is 6.38. The van der Waals surface area contributed by atoms with Gasteiger partial charge in [-0.05, 0) is 42.0 Å². The molecule has 3 aromatic carbocycles. The van der Waals surface area contributed by atoms with Crippen molar-refractivity contribution in [2.24, 2.45) is 10.9 Å². The lowest BCUT2D eigenvalue weighted by molar-refractivity contribution is -0.394. The zero-order valence-corrected chi connectivity index (χ0v) is 16.5. The van der Waals surface area contributed by atoms with Crippen molar-refractivity contribution >= 4 is 29.1 Å². The highest BCUT2D eigenvalue weighted by atomic mass is 16.6. The Morgan fingerprint density at radius 2 is 1.62 bits per heavy atom. The average Bonchev–Trinajstić information content (AvgIpc) is 2.80. The van der Waals surface area contributed by atoms with Crippen LogP contribution in [0.15, 0.2) is 84.0 Å². The van der Waals surface area contributed by atoms with Crippen molar-refractivity contribution in [2.75, 3.05) is 0 Å². The van der Waals surface area contributed by atoms with Gasteiger partial charge >= 0.3 is 5.97 Å². The van der Waals surface area contributed by atoms with E-state index in [1.165, 1.54) is 36.4 Å². The summed E-state index contributed by atoms with van der Waals surface area (Å²) in [5.41, 5.74) is 0.358. The second kappa shape index (κ2) is 9.76. The molecule has 0 aromatic heterocycles. The van der Waals surface area contributed by atoms with Gasteiger partial charge in [0.2, 0.25) is 0 Å². The van der Waals surface area contributed by atoms with Gasteiger partial charge in [0.15, 0.2) is 0 Å². The Morgan fingerprint density at radius 3 is 2.22 bits per heavy atom.